The van der Waals surface area contributed by atoms with Crippen LogP contribution in [0.3, 0.4) is 0 Å². The lowest BCUT2D eigenvalue weighted by Crippen LogP contribution is -2.18. The van der Waals surface area contributed by atoms with Crippen molar-refractivity contribution in [1.29, 1.82) is 0 Å². The van der Waals surface area contributed by atoms with Gasteiger partial charge in [0.05, 0.1) is 5.03 Å². The van der Waals surface area contributed by atoms with E-state index in [1.807, 2.05) is 6.07 Å². The molecular weight excluding hydrogens is 194 g/mol. The molecule has 4 heteroatoms. The Morgan fingerprint density at radius 2 is 2.43 bits per heavy atom. The molecule has 0 aliphatic rings. The third-order valence-electron chi connectivity index (χ3n) is 2.05. The first-order valence-electron chi connectivity index (χ1n) is 4.97. The van der Waals surface area contributed by atoms with Gasteiger partial charge in [-0.05, 0) is 31.1 Å². The Bertz CT molecular complexity index is 240. The quantitative estimate of drug-likeness (QED) is 0.445. The van der Waals surface area contributed by atoms with E-state index in [0.717, 1.165) is 30.0 Å². The molecule has 0 fully saturated rings. The highest BCUT2D eigenvalue weighted by molar-refractivity contribution is 7.99. The fourth-order valence-corrected chi connectivity index (χ4v) is 1.89. The lowest BCUT2D eigenvalue weighted by Gasteiger charge is -2.07. The Morgan fingerprint density at radius 1 is 1.57 bits per heavy atom. The predicted molar refractivity (Wildman–Crippen MR) is 60.3 cm³/mol. The molecular formula is C10H17N3S. The number of rotatable bonds is 6. The summed E-state index contributed by atoms with van der Waals surface area (Å²) in [6.45, 7) is 2.13. The molecule has 1 atom stereocenters. The van der Waals surface area contributed by atoms with Gasteiger partial charge in [0.2, 0.25) is 0 Å². The van der Waals surface area contributed by atoms with E-state index in [1.165, 1.54) is 0 Å². The zero-order valence-electron chi connectivity index (χ0n) is 8.52. The lowest BCUT2D eigenvalue weighted by atomic mass is 10.1. The van der Waals surface area contributed by atoms with Crippen molar-refractivity contribution in [2.75, 3.05) is 5.75 Å². The molecule has 1 rings (SSSR count). The molecule has 3 nitrogen and oxygen atoms in total. The molecule has 0 spiro atoms. The summed E-state index contributed by atoms with van der Waals surface area (Å²) in [7, 11) is 0. The van der Waals surface area contributed by atoms with E-state index >= 15 is 0 Å². The second-order valence-electron chi connectivity index (χ2n) is 3.21. The van der Waals surface area contributed by atoms with Crippen LogP contribution in [0.1, 0.15) is 26.2 Å². The largest absolute Gasteiger partial charge is 0.328 e. The van der Waals surface area contributed by atoms with E-state index in [9.17, 15) is 0 Å². The minimum atomic E-state index is 0.362. The van der Waals surface area contributed by atoms with Crippen molar-refractivity contribution >= 4 is 11.8 Å². The van der Waals surface area contributed by atoms with Gasteiger partial charge in [0.25, 0.3) is 0 Å². The highest BCUT2D eigenvalue weighted by atomic mass is 32.2. The van der Waals surface area contributed by atoms with E-state index in [2.05, 4.69) is 16.9 Å². The minimum Gasteiger partial charge on any atom is -0.328 e. The molecule has 2 N–H and O–H groups in total. The van der Waals surface area contributed by atoms with E-state index in [-0.39, 0.29) is 0 Å². The topological polar surface area (TPSA) is 51.8 Å². The van der Waals surface area contributed by atoms with Crippen LogP contribution >= 0.6 is 11.8 Å². The van der Waals surface area contributed by atoms with Gasteiger partial charge in [-0.15, -0.1) is 11.8 Å². The summed E-state index contributed by atoms with van der Waals surface area (Å²) < 4.78 is 0. The van der Waals surface area contributed by atoms with Crippen molar-refractivity contribution in [3.8, 4) is 0 Å². The molecule has 1 unspecified atom stereocenters. The first-order valence-corrected chi connectivity index (χ1v) is 5.96. The molecule has 14 heavy (non-hydrogen) atoms. The number of thioether (sulfide) groups is 1. The summed E-state index contributed by atoms with van der Waals surface area (Å²) in [6.07, 6.45) is 6.68. The zero-order chi connectivity index (χ0) is 10.2. The zero-order valence-corrected chi connectivity index (χ0v) is 9.33. The number of nitrogens with two attached hydrogens (primary N) is 1. The molecule has 0 amide bonds. The van der Waals surface area contributed by atoms with Gasteiger partial charge in [0.1, 0.15) is 6.33 Å². The number of hydrogen-bond donors (Lipinski definition) is 1. The minimum absolute atomic E-state index is 0.362. The standard InChI is InChI=1S/C10H17N3S/c1-2-9(11)4-3-7-14-10-5-6-12-8-13-10/h5-6,8-9H,2-4,7,11H2,1H3. The van der Waals surface area contributed by atoms with Crippen molar-refractivity contribution in [3.05, 3.63) is 18.6 Å². The predicted octanol–water partition coefficient (Wildman–Crippen LogP) is 2.09. The van der Waals surface area contributed by atoms with Crippen LogP contribution in [0.15, 0.2) is 23.6 Å². The third kappa shape index (κ3) is 4.58. The van der Waals surface area contributed by atoms with Gasteiger partial charge >= 0.3 is 0 Å². The molecule has 0 aromatic carbocycles. The van der Waals surface area contributed by atoms with Gasteiger partial charge in [-0.3, -0.25) is 0 Å². The van der Waals surface area contributed by atoms with Crippen molar-refractivity contribution in [2.24, 2.45) is 5.73 Å². The third-order valence-corrected chi connectivity index (χ3v) is 3.08. The highest BCUT2D eigenvalue weighted by Gasteiger charge is 1.99. The van der Waals surface area contributed by atoms with Gasteiger partial charge < -0.3 is 5.73 Å². The summed E-state index contributed by atoms with van der Waals surface area (Å²) in [5, 5.41) is 1.05. The molecule has 0 bridgehead atoms. The molecule has 0 aliphatic carbocycles. The average Bonchev–Trinajstić information content (AvgIpc) is 2.25. The van der Waals surface area contributed by atoms with E-state index in [0.29, 0.717) is 6.04 Å². The van der Waals surface area contributed by atoms with Crippen LogP contribution in [0.5, 0.6) is 0 Å². The Hall–Kier alpha value is -0.610. The SMILES string of the molecule is CCC(N)CCCSc1ccncn1. The molecule has 0 aliphatic heterocycles. The molecule has 1 heterocycles. The van der Waals surface area contributed by atoms with E-state index < -0.39 is 0 Å². The Balaban J connectivity index is 2.10. The van der Waals surface area contributed by atoms with Crippen molar-refractivity contribution in [2.45, 2.75) is 37.3 Å². The van der Waals surface area contributed by atoms with Gasteiger partial charge in [-0.2, -0.15) is 0 Å². The average molecular weight is 211 g/mol. The number of hydrogen-bond acceptors (Lipinski definition) is 4. The Kier molecular flexibility index (Phi) is 5.56. The van der Waals surface area contributed by atoms with E-state index in [1.54, 1.807) is 24.3 Å². The van der Waals surface area contributed by atoms with Crippen LogP contribution in [0.2, 0.25) is 0 Å². The number of nitrogens with zero attached hydrogens (tertiary/aromatic N) is 2. The summed E-state index contributed by atoms with van der Waals surface area (Å²) in [5.74, 6) is 1.09. The fraction of sp³-hybridized carbons (Fsp3) is 0.600. The fourth-order valence-electron chi connectivity index (χ4n) is 1.09. The van der Waals surface area contributed by atoms with Crippen LogP contribution in [0.4, 0.5) is 0 Å². The molecule has 78 valence electrons. The summed E-state index contributed by atoms with van der Waals surface area (Å²) in [4.78, 5) is 8.01. The van der Waals surface area contributed by atoms with Crippen LogP contribution in [-0.4, -0.2) is 21.8 Å². The van der Waals surface area contributed by atoms with Crippen LogP contribution in [0, 0.1) is 0 Å². The van der Waals surface area contributed by atoms with Gasteiger partial charge in [-0.25, -0.2) is 9.97 Å². The maximum Gasteiger partial charge on any atom is 0.116 e. The maximum absolute atomic E-state index is 5.82. The number of aromatic nitrogens is 2. The molecule has 0 radical (unpaired) electrons. The molecule has 1 aromatic heterocycles. The lowest BCUT2D eigenvalue weighted by molar-refractivity contribution is 0.589. The van der Waals surface area contributed by atoms with Gasteiger partial charge in [-0.1, -0.05) is 6.92 Å². The Labute approximate surface area is 89.5 Å². The summed E-state index contributed by atoms with van der Waals surface area (Å²) >= 11 is 1.77. The summed E-state index contributed by atoms with van der Waals surface area (Å²) in [5.41, 5.74) is 5.82. The smallest absolute Gasteiger partial charge is 0.116 e. The molecule has 0 saturated carbocycles. The summed E-state index contributed by atoms with van der Waals surface area (Å²) in [6, 6.07) is 2.30. The second kappa shape index (κ2) is 6.79. The van der Waals surface area contributed by atoms with Crippen LogP contribution in [0.25, 0.3) is 0 Å². The van der Waals surface area contributed by atoms with Crippen molar-refractivity contribution in [1.82, 2.24) is 9.97 Å². The van der Waals surface area contributed by atoms with E-state index in [4.69, 9.17) is 5.73 Å². The maximum atomic E-state index is 5.82. The van der Waals surface area contributed by atoms with Crippen molar-refractivity contribution in [3.63, 3.8) is 0 Å². The van der Waals surface area contributed by atoms with Crippen molar-refractivity contribution < 1.29 is 0 Å². The monoisotopic (exact) mass is 211 g/mol. The Morgan fingerprint density at radius 3 is 3.07 bits per heavy atom. The second-order valence-corrected chi connectivity index (χ2v) is 4.32. The first kappa shape index (κ1) is 11.5. The van der Waals surface area contributed by atoms with Gasteiger partial charge in [0.15, 0.2) is 0 Å². The first-order chi connectivity index (χ1) is 6.83. The van der Waals surface area contributed by atoms with Crippen LogP contribution in [-0.2, 0) is 0 Å². The highest BCUT2D eigenvalue weighted by Crippen LogP contribution is 2.15. The van der Waals surface area contributed by atoms with Crippen LogP contribution < -0.4 is 5.73 Å². The molecule has 1 aromatic rings. The molecule has 0 saturated heterocycles. The normalized spacial score (nSPS) is 12.7. The van der Waals surface area contributed by atoms with Gasteiger partial charge in [0, 0.05) is 12.2 Å².